The zero-order valence-corrected chi connectivity index (χ0v) is 11.7. The first-order chi connectivity index (χ1) is 10.2. The van der Waals surface area contributed by atoms with Crippen molar-refractivity contribution >= 4 is 0 Å². The molecule has 0 heterocycles. The van der Waals surface area contributed by atoms with Crippen LogP contribution in [0.15, 0.2) is 42.5 Å². The second kappa shape index (κ2) is 7.71. The molecule has 0 aromatic heterocycles. The first kappa shape index (κ1) is 15.4. The van der Waals surface area contributed by atoms with Gasteiger partial charge in [-0.25, -0.2) is 8.78 Å². The Balaban J connectivity index is 2.11. The Hall–Kier alpha value is -1.98. The fourth-order valence-corrected chi connectivity index (χ4v) is 1.82. The molecule has 1 N–H and O–H groups in total. The van der Waals surface area contributed by atoms with Crippen molar-refractivity contribution in [1.82, 2.24) is 5.32 Å². The van der Waals surface area contributed by atoms with Gasteiger partial charge in [0, 0.05) is 25.8 Å². The number of ether oxygens (including phenoxy) is 2. The van der Waals surface area contributed by atoms with Gasteiger partial charge in [0.05, 0.1) is 6.61 Å². The van der Waals surface area contributed by atoms with E-state index < -0.39 is 0 Å². The molecule has 3 nitrogen and oxygen atoms in total. The van der Waals surface area contributed by atoms with Crippen molar-refractivity contribution in [3.8, 4) is 11.5 Å². The van der Waals surface area contributed by atoms with E-state index in [2.05, 4.69) is 5.32 Å². The van der Waals surface area contributed by atoms with Gasteiger partial charge in [-0.3, -0.25) is 0 Å². The molecule has 21 heavy (non-hydrogen) atoms. The van der Waals surface area contributed by atoms with Crippen LogP contribution >= 0.6 is 0 Å². The topological polar surface area (TPSA) is 30.5 Å². The largest absolute Gasteiger partial charge is 0.457 e. The van der Waals surface area contributed by atoms with Crippen molar-refractivity contribution in [2.24, 2.45) is 0 Å². The van der Waals surface area contributed by atoms with Crippen molar-refractivity contribution in [2.75, 3.05) is 20.3 Å². The normalized spacial score (nSPS) is 10.6. The van der Waals surface area contributed by atoms with Crippen LogP contribution in [0.25, 0.3) is 0 Å². The quantitative estimate of drug-likeness (QED) is 0.793. The molecule has 0 unspecified atom stereocenters. The summed E-state index contributed by atoms with van der Waals surface area (Å²) in [5.74, 6) is 0.175. The fraction of sp³-hybridized carbons (Fsp3) is 0.250. The molecule has 0 aliphatic heterocycles. The third kappa shape index (κ3) is 4.51. The van der Waals surface area contributed by atoms with E-state index in [1.807, 2.05) is 0 Å². The van der Waals surface area contributed by atoms with Crippen LogP contribution in [0.1, 0.15) is 5.56 Å². The van der Waals surface area contributed by atoms with E-state index in [1.54, 1.807) is 19.2 Å². The highest BCUT2D eigenvalue weighted by molar-refractivity contribution is 5.38. The lowest BCUT2D eigenvalue weighted by Crippen LogP contribution is -2.19. The molecule has 2 aromatic rings. The maximum atomic E-state index is 13.9. The van der Waals surface area contributed by atoms with E-state index in [0.29, 0.717) is 36.8 Å². The molecular formula is C16H17F2NO2. The Kier molecular flexibility index (Phi) is 5.66. The van der Waals surface area contributed by atoms with Gasteiger partial charge in [-0.05, 0) is 36.4 Å². The predicted molar refractivity (Wildman–Crippen MR) is 76.5 cm³/mol. The van der Waals surface area contributed by atoms with Gasteiger partial charge in [-0.1, -0.05) is 6.07 Å². The van der Waals surface area contributed by atoms with Crippen LogP contribution in [0, 0.1) is 11.6 Å². The van der Waals surface area contributed by atoms with Crippen molar-refractivity contribution in [3.63, 3.8) is 0 Å². The minimum atomic E-state index is -0.348. The third-order valence-corrected chi connectivity index (χ3v) is 2.90. The van der Waals surface area contributed by atoms with E-state index in [9.17, 15) is 8.78 Å². The zero-order valence-electron chi connectivity index (χ0n) is 11.7. The van der Waals surface area contributed by atoms with Gasteiger partial charge in [0.1, 0.15) is 23.1 Å². The van der Waals surface area contributed by atoms with Crippen LogP contribution in [-0.2, 0) is 11.3 Å². The molecule has 0 amide bonds. The average Bonchev–Trinajstić information content (AvgIpc) is 2.48. The molecule has 2 aromatic carbocycles. The summed E-state index contributed by atoms with van der Waals surface area (Å²) in [6.07, 6.45) is 0. The van der Waals surface area contributed by atoms with Gasteiger partial charge in [0.15, 0.2) is 0 Å². The second-order valence-corrected chi connectivity index (χ2v) is 4.44. The Bertz CT molecular complexity index is 573. The molecule has 0 saturated carbocycles. The summed E-state index contributed by atoms with van der Waals surface area (Å²) in [7, 11) is 1.61. The highest BCUT2D eigenvalue weighted by Gasteiger charge is 2.10. The predicted octanol–water partition coefficient (Wildman–Crippen LogP) is 3.49. The van der Waals surface area contributed by atoms with E-state index in [0.717, 1.165) is 0 Å². The molecule has 0 spiro atoms. The van der Waals surface area contributed by atoms with Gasteiger partial charge >= 0.3 is 0 Å². The number of benzene rings is 2. The molecule has 0 atom stereocenters. The summed E-state index contributed by atoms with van der Waals surface area (Å²) in [5, 5.41) is 3.07. The molecule has 0 fully saturated rings. The molecule has 5 heteroatoms. The molecule has 112 valence electrons. The smallest absolute Gasteiger partial charge is 0.134 e. The monoisotopic (exact) mass is 293 g/mol. The van der Waals surface area contributed by atoms with Crippen LogP contribution in [0.2, 0.25) is 0 Å². The van der Waals surface area contributed by atoms with Crippen molar-refractivity contribution in [1.29, 1.82) is 0 Å². The van der Waals surface area contributed by atoms with Gasteiger partial charge in [-0.2, -0.15) is 0 Å². The standard InChI is InChI=1S/C16H17F2NO2/c1-20-10-9-19-11-14-15(18)3-2-4-16(14)21-13-7-5-12(17)6-8-13/h2-8,19H,9-11H2,1H3. The molecule has 2 rings (SSSR count). The van der Waals surface area contributed by atoms with Crippen LogP contribution < -0.4 is 10.1 Å². The Morgan fingerprint density at radius 3 is 2.52 bits per heavy atom. The fourth-order valence-electron chi connectivity index (χ4n) is 1.82. The van der Waals surface area contributed by atoms with Crippen molar-refractivity contribution < 1.29 is 18.3 Å². The van der Waals surface area contributed by atoms with E-state index in [-0.39, 0.29) is 11.6 Å². The molecular weight excluding hydrogens is 276 g/mol. The van der Waals surface area contributed by atoms with Crippen LogP contribution in [0.3, 0.4) is 0 Å². The number of rotatable bonds is 7. The van der Waals surface area contributed by atoms with Crippen LogP contribution in [0.5, 0.6) is 11.5 Å². The first-order valence-corrected chi connectivity index (χ1v) is 6.61. The van der Waals surface area contributed by atoms with Crippen LogP contribution in [0.4, 0.5) is 8.78 Å². The molecule has 0 aliphatic carbocycles. The summed E-state index contributed by atoms with van der Waals surface area (Å²) in [4.78, 5) is 0. The minimum Gasteiger partial charge on any atom is -0.457 e. The minimum absolute atomic E-state index is 0.326. The average molecular weight is 293 g/mol. The van der Waals surface area contributed by atoms with E-state index in [1.165, 1.54) is 30.3 Å². The van der Waals surface area contributed by atoms with Gasteiger partial charge in [0.2, 0.25) is 0 Å². The number of nitrogens with one attached hydrogen (secondary N) is 1. The van der Waals surface area contributed by atoms with Crippen LogP contribution in [-0.4, -0.2) is 20.3 Å². The molecule has 0 radical (unpaired) electrons. The molecule has 0 bridgehead atoms. The highest BCUT2D eigenvalue weighted by atomic mass is 19.1. The van der Waals surface area contributed by atoms with Crippen molar-refractivity contribution in [2.45, 2.75) is 6.54 Å². The summed E-state index contributed by atoms with van der Waals surface area (Å²) in [5.41, 5.74) is 0.429. The second-order valence-electron chi connectivity index (χ2n) is 4.44. The Morgan fingerprint density at radius 2 is 1.81 bits per heavy atom. The summed E-state index contributed by atoms with van der Waals surface area (Å²) < 4.78 is 37.3. The van der Waals surface area contributed by atoms with Gasteiger partial charge < -0.3 is 14.8 Å². The summed E-state index contributed by atoms with van der Waals surface area (Å²) >= 11 is 0. The van der Waals surface area contributed by atoms with E-state index >= 15 is 0 Å². The number of hydrogen-bond donors (Lipinski definition) is 1. The highest BCUT2D eigenvalue weighted by Crippen LogP contribution is 2.27. The zero-order chi connectivity index (χ0) is 15.1. The Labute approximate surface area is 122 Å². The lowest BCUT2D eigenvalue weighted by atomic mass is 10.2. The first-order valence-electron chi connectivity index (χ1n) is 6.61. The lowest BCUT2D eigenvalue weighted by molar-refractivity contribution is 0.199. The number of methoxy groups -OCH3 is 1. The lowest BCUT2D eigenvalue weighted by Gasteiger charge is -2.12. The number of halogens is 2. The maximum absolute atomic E-state index is 13.9. The summed E-state index contributed by atoms with van der Waals surface area (Å²) in [6.45, 7) is 1.48. The van der Waals surface area contributed by atoms with Crippen molar-refractivity contribution in [3.05, 3.63) is 59.7 Å². The SMILES string of the molecule is COCCNCc1c(F)cccc1Oc1ccc(F)cc1. The van der Waals surface area contributed by atoms with Gasteiger partial charge in [0.25, 0.3) is 0 Å². The summed E-state index contributed by atoms with van der Waals surface area (Å²) in [6, 6.07) is 10.2. The molecule has 0 saturated heterocycles. The van der Waals surface area contributed by atoms with E-state index in [4.69, 9.17) is 9.47 Å². The number of hydrogen-bond acceptors (Lipinski definition) is 3. The van der Waals surface area contributed by atoms with Gasteiger partial charge in [-0.15, -0.1) is 0 Å². The third-order valence-electron chi connectivity index (χ3n) is 2.90. The maximum Gasteiger partial charge on any atom is 0.134 e. The Morgan fingerprint density at radius 1 is 1.05 bits per heavy atom. The molecule has 0 aliphatic rings.